The van der Waals surface area contributed by atoms with Crippen LogP contribution in [0.25, 0.3) is 10.9 Å². The lowest BCUT2D eigenvalue weighted by atomic mass is 10.1. The molecule has 4 heteroatoms. The second kappa shape index (κ2) is 3.38. The van der Waals surface area contributed by atoms with E-state index in [9.17, 15) is 8.78 Å². The molecule has 1 aromatic carbocycles. The molecular formula is C10H10F2N2. The third-order valence-corrected chi connectivity index (χ3v) is 2.23. The van der Waals surface area contributed by atoms with E-state index >= 15 is 0 Å². The number of hydrogen-bond acceptors (Lipinski definition) is 1. The molecular weight excluding hydrogens is 186 g/mol. The zero-order valence-electron chi connectivity index (χ0n) is 7.37. The molecule has 2 nitrogen and oxygen atoms in total. The molecule has 0 aliphatic rings. The first-order valence-electron chi connectivity index (χ1n) is 4.29. The van der Waals surface area contributed by atoms with Crippen molar-refractivity contribution in [3.05, 3.63) is 36.0 Å². The number of halogens is 2. The summed E-state index contributed by atoms with van der Waals surface area (Å²) in [7, 11) is 0. The molecule has 0 saturated heterocycles. The Labute approximate surface area is 79.7 Å². The number of hydrogen-bond donors (Lipinski definition) is 2. The summed E-state index contributed by atoms with van der Waals surface area (Å²) in [5.41, 5.74) is 6.73. The average molecular weight is 196 g/mol. The number of rotatable bonds is 2. The summed E-state index contributed by atoms with van der Waals surface area (Å²) >= 11 is 0. The number of aromatic amines is 1. The van der Waals surface area contributed by atoms with Crippen LogP contribution >= 0.6 is 0 Å². The van der Waals surface area contributed by atoms with Gasteiger partial charge in [0.1, 0.15) is 0 Å². The van der Waals surface area contributed by atoms with Gasteiger partial charge in [-0.05, 0) is 29.1 Å². The Kier molecular flexibility index (Phi) is 2.21. The Morgan fingerprint density at radius 2 is 2.00 bits per heavy atom. The summed E-state index contributed by atoms with van der Waals surface area (Å²) in [5, 5.41) is 0.901. The lowest BCUT2D eigenvalue weighted by Crippen LogP contribution is -2.18. The molecule has 0 radical (unpaired) electrons. The van der Waals surface area contributed by atoms with Crippen molar-refractivity contribution < 1.29 is 8.78 Å². The van der Waals surface area contributed by atoms with Gasteiger partial charge in [-0.2, -0.15) is 0 Å². The first kappa shape index (κ1) is 9.15. The van der Waals surface area contributed by atoms with E-state index in [1.54, 1.807) is 24.4 Å². The maximum atomic E-state index is 12.3. The normalized spacial score (nSPS) is 13.7. The highest BCUT2D eigenvalue weighted by atomic mass is 19.3. The smallest absolute Gasteiger partial charge is 0.257 e. The number of nitrogens with one attached hydrogen (secondary N) is 1. The van der Waals surface area contributed by atoms with Crippen LogP contribution in [0, 0.1) is 0 Å². The molecule has 0 saturated carbocycles. The van der Waals surface area contributed by atoms with Gasteiger partial charge in [0, 0.05) is 11.7 Å². The minimum absolute atomic E-state index is 0.465. The van der Waals surface area contributed by atoms with Gasteiger partial charge < -0.3 is 10.7 Å². The zero-order chi connectivity index (χ0) is 10.1. The van der Waals surface area contributed by atoms with Crippen LogP contribution in [0.2, 0.25) is 0 Å². The van der Waals surface area contributed by atoms with Gasteiger partial charge >= 0.3 is 0 Å². The van der Waals surface area contributed by atoms with Gasteiger partial charge in [0.25, 0.3) is 6.43 Å². The third-order valence-electron chi connectivity index (χ3n) is 2.23. The summed E-state index contributed by atoms with van der Waals surface area (Å²) in [6.45, 7) is 0. The summed E-state index contributed by atoms with van der Waals surface area (Å²) in [6, 6.07) is 5.69. The molecule has 0 bridgehead atoms. The predicted octanol–water partition coefficient (Wildman–Crippen LogP) is 2.43. The number of alkyl halides is 2. The molecule has 0 fully saturated rings. The summed E-state index contributed by atoms with van der Waals surface area (Å²) in [6.07, 6.45) is -0.756. The lowest BCUT2D eigenvalue weighted by Gasteiger charge is -2.10. The monoisotopic (exact) mass is 196 g/mol. The van der Waals surface area contributed by atoms with Crippen molar-refractivity contribution in [1.82, 2.24) is 4.98 Å². The Hall–Kier alpha value is -1.42. The highest BCUT2D eigenvalue weighted by Crippen LogP contribution is 2.22. The Morgan fingerprint density at radius 1 is 1.21 bits per heavy atom. The largest absolute Gasteiger partial charge is 0.361 e. The second-order valence-corrected chi connectivity index (χ2v) is 3.18. The van der Waals surface area contributed by atoms with Crippen LogP contribution in [0.4, 0.5) is 8.78 Å². The van der Waals surface area contributed by atoms with Gasteiger partial charge in [-0.3, -0.25) is 0 Å². The highest BCUT2D eigenvalue weighted by Gasteiger charge is 2.17. The van der Waals surface area contributed by atoms with Crippen molar-refractivity contribution >= 4 is 10.9 Å². The van der Waals surface area contributed by atoms with E-state index in [1.807, 2.05) is 6.07 Å². The van der Waals surface area contributed by atoms with Gasteiger partial charge in [-0.25, -0.2) is 8.78 Å². The van der Waals surface area contributed by atoms with Crippen LogP contribution in [0.1, 0.15) is 11.6 Å². The van der Waals surface area contributed by atoms with E-state index in [0.717, 1.165) is 10.9 Å². The number of benzene rings is 1. The molecule has 0 aliphatic carbocycles. The molecule has 3 N–H and O–H groups in total. The highest BCUT2D eigenvalue weighted by molar-refractivity contribution is 5.80. The predicted molar refractivity (Wildman–Crippen MR) is 51.2 cm³/mol. The molecule has 1 heterocycles. The Bertz CT molecular complexity index is 436. The van der Waals surface area contributed by atoms with Crippen LogP contribution in [0.3, 0.4) is 0 Å². The summed E-state index contributed by atoms with van der Waals surface area (Å²) < 4.78 is 24.6. The number of aromatic nitrogens is 1. The SMILES string of the molecule is N[C@H](c1ccc2[nH]ccc2c1)C(F)F. The van der Waals surface area contributed by atoms with Crippen LogP contribution < -0.4 is 5.73 Å². The molecule has 0 aliphatic heterocycles. The van der Waals surface area contributed by atoms with Gasteiger partial charge in [0.15, 0.2) is 0 Å². The number of nitrogens with two attached hydrogens (primary N) is 1. The van der Waals surface area contributed by atoms with Gasteiger partial charge in [-0.1, -0.05) is 6.07 Å². The van der Waals surface area contributed by atoms with Gasteiger partial charge in [0.05, 0.1) is 6.04 Å². The van der Waals surface area contributed by atoms with E-state index in [0.29, 0.717) is 5.56 Å². The van der Waals surface area contributed by atoms with Crippen molar-refractivity contribution in [3.8, 4) is 0 Å². The van der Waals surface area contributed by atoms with E-state index in [2.05, 4.69) is 4.98 Å². The van der Waals surface area contributed by atoms with E-state index in [4.69, 9.17) is 5.73 Å². The molecule has 1 atom stereocenters. The van der Waals surface area contributed by atoms with E-state index in [1.165, 1.54) is 0 Å². The third kappa shape index (κ3) is 1.48. The fraction of sp³-hybridized carbons (Fsp3) is 0.200. The molecule has 74 valence electrons. The fourth-order valence-electron chi connectivity index (χ4n) is 1.42. The van der Waals surface area contributed by atoms with E-state index < -0.39 is 12.5 Å². The van der Waals surface area contributed by atoms with Crippen LogP contribution in [0.5, 0.6) is 0 Å². The van der Waals surface area contributed by atoms with Crippen LogP contribution in [0.15, 0.2) is 30.5 Å². The quantitative estimate of drug-likeness (QED) is 0.761. The van der Waals surface area contributed by atoms with Crippen molar-refractivity contribution in [2.75, 3.05) is 0 Å². The minimum atomic E-state index is -2.52. The van der Waals surface area contributed by atoms with Crippen molar-refractivity contribution in [3.63, 3.8) is 0 Å². The first-order chi connectivity index (χ1) is 6.68. The molecule has 0 spiro atoms. The van der Waals surface area contributed by atoms with Gasteiger partial charge in [0.2, 0.25) is 0 Å². The van der Waals surface area contributed by atoms with E-state index in [-0.39, 0.29) is 0 Å². The molecule has 1 aromatic heterocycles. The Balaban J connectivity index is 2.43. The van der Waals surface area contributed by atoms with Crippen LogP contribution in [-0.2, 0) is 0 Å². The van der Waals surface area contributed by atoms with Crippen molar-refractivity contribution in [2.24, 2.45) is 5.73 Å². The summed E-state index contributed by atoms with van der Waals surface area (Å²) in [4.78, 5) is 2.99. The van der Waals surface area contributed by atoms with Crippen molar-refractivity contribution in [1.29, 1.82) is 0 Å². The number of fused-ring (bicyclic) bond motifs is 1. The fourth-order valence-corrected chi connectivity index (χ4v) is 1.42. The first-order valence-corrected chi connectivity index (χ1v) is 4.29. The molecule has 2 aromatic rings. The van der Waals surface area contributed by atoms with Crippen LogP contribution in [-0.4, -0.2) is 11.4 Å². The molecule has 14 heavy (non-hydrogen) atoms. The maximum Gasteiger partial charge on any atom is 0.257 e. The minimum Gasteiger partial charge on any atom is -0.361 e. The average Bonchev–Trinajstić information content (AvgIpc) is 2.62. The zero-order valence-corrected chi connectivity index (χ0v) is 7.37. The topological polar surface area (TPSA) is 41.8 Å². The second-order valence-electron chi connectivity index (χ2n) is 3.18. The lowest BCUT2D eigenvalue weighted by molar-refractivity contribution is 0.116. The number of H-pyrrole nitrogens is 1. The molecule has 2 rings (SSSR count). The molecule has 0 amide bonds. The molecule has 0 unspecified atom stereocenters. The Morgan fingerprint density at radius 3 is 2.71 bits per heavy atom. The van der Waals surface area contributed by atoms with Crippen molar-refractivity contribution in [2.45, 2.75) is 12.5 Å². The summed E-state index contributed by atoms with van der Waals surface area (Å²) in [5.74, 6) is 0. The van der Waals surface area contributed by atoms with Gasteiger partial charge in [-0.15, -0.1) is 0 Å². The maximum absolute atomic E-state index is 12.3. The standard InChI is InChI=1S/C10H10F2N2/c11-10(12)9(13)7-1-2-8-6(5-7)3-4-14-8/h1-5,9-10,14H,13H2/t9-/m1/s1.